The third kappa shape index (κ3) is 3.74. The molecule has 0 aromatic carbocycles. The van der Waals surface area contributed by atoms with Crippen LogP contribution < -0.4 is 4.90 Å². The summed E-state index contributed by atoms with van der Waals surface area (Å²) < 4.78 is 4.91. The first-order valence-corrected chi connectivity index (χ1v) is 5.83. The number of rotatable bonds is 5. The molecule has 1 aromatic rings. The standard InChI is InChI=1S/C13H17N3O2/c1-4-18-13(17)7-10(2)16(3)12-6-5-11(8-14)9-15-12/h5-6,9-10H,4,7H2,1-3H3. The van der Waals surface area contributed by atoms with E-state index in [1.54, 1.807) is 19.1 Å². The lowest BCUT2D eigenvalue weighted by Crippen LogP contribution is -2.32. The maximum atomic E-state index is 11.4. The van der Waals surface area contributed by atoms with Crippen molar-refractivity contribution in [2.75, 3.05) is 18.6 Å². The molecule has 96 valence electrons. The van der Waals surface area contributed by atoms with Gasteiger partial charge in [0, 0.05) is 19.3 Å². The Balaban J connectivity index is 2.65. The van der Waals surface area contributed by atoms with Gasteiger partial charge in [0.05, 0.1) is 18.6 Å². The minimum absolute atomic E-state index is 0.00974. The highest BCUT2D eigenvalue weighted by molar-refractivity contribution is 5.70. The van der Waals surface area contributed by atoms with E-state index in [4.69, 9.17) is 10.00 Å². The van der Waals surface area contributed by atoms with Crippen LogP contribution in [-0.4, -0.2) is 30.6 Å². The molecule has 0 N–H and O–H groups in total. The molecule has 1 heterocycles. The van der Waals surface area contributed by atoms with Crippen molar-refractivity contribution < 1.29 is 9.53 Å². The Morgan fingerprint density at radius 3 is 2.83 bits per heavy atom. The summed E-state index contributed by atoms with van der Waals surface area (Å²) in [6.07, 6.45) is 1.83. The molecule has 0 saturated heterocycles. The summed E-state index contributed by atoms with van der Waals surface area (Å²) >= 11 is 0. The van der Waals surface area contributed by atoms with E-state index in [0.29, 0.717) is 18.6 Å². The fourth-order valence-electron chi connectivity index (χ4n) is 1.48. The van der Waals surface area contributed by atoms with Crippen molar-refractivity contribution in [3.05, 3.63) is 23.9 Å². The first-order valence-electron chi connectivity index (χ1n) is 5.83. The molecule has 0 saturated carbocycles. The van der Waals surface area contributed by atoms with Gasteiger partial charge < -0.3 is 9.64 Å². The van der Waals surface area contributed by atoms with Gasteiger partial charge in [0.25, 0.3) is 0 Å². The van der Waals surface area contributed by atoms with Gasteiger partial charge in [-0.15, -0.1) is 0 Å². The minimum Gasteiger partial charge on any atom is -0.466 e. The van der Waals surface area contributed by atoms with Gasteiger partial charge >= 0.3 is 5.97 Å². The van der Waals surface area contributed by atoms with Crippen molar-refractivity contribution in [3.63, 3.8) is 0 Å². The Bertz CT molecular complexity index is 437. The third-order valence-corrected chi connectivity index (χ3v) is 2.67. The zero-order valence-electron chi connectivity index (χ0n) is 10.9. The molecule has 0 aliphatic heterocycles. The number of hydrogen-bond donors (Lipinski definition) is 0. The molecular weight excluding hydrogens is 230 g/mol. The van der Waals surface area contributed by atoms with E-state index in [2.05, 4.69) is 4.98 Å². The van der Waals surface area contributed by atoms with Gasteiger partial charge in [-0.25, -0.2) is 4.98 Å². The molecule has 0 fully saturated rings. The number of nitrogens with zero attached hydrogens (tertiary/aromatic N) is 3. The molecule has 0 radical (unpaired) electrons. The molecule has 18 heavy (non-hydrogen) atoms. The number of carbonyl (C=O) groups excluding carboxylic acids is 1. The number of esters is 1. The van der Waals surface area contributed by atoms with Crippen LogP contribution in [0.3, 0.4) is 0 Å². The second kappa shape index (κ2) is 6.60. The molecule has 1 unspecified atom stereocenters. The molecular formula is C13H17N3O2. The Morgan fingerprint density at radius 1 is 1.61 bits per heavy atom. The number of carbonyl (C=O) groups is 1. The zero-order chi connectivity index (χ0) is 13.5. The van der Waals surface area contributed by atoms with Crippen LogP contribution in [-0.2, 0) is 9.53 Å². The van der Waals surface area contributed by atoms with Gasteiger partial charge in [0.15, 0.2) is 0 Å². The lowest BCUT2D eigenvalue weighted by molar-refractivity contribution is -0.143. The van der Waals surface area contributed by atoms with E-state index < -0.39 is 0 Å². The smallest absolute Gasteiger partial charge is 0.307 e. The zero-order valence-corrected chi connectivity index (χ0v) is 10.9. The average molecular weight is 247 g/mol. The molecule has 0 aliphatic rings. The number of ether oxygens (including phenoxy) is 1. The van der Waals surface area contributed by atoms with Gasteiger partial charge in [0.2, 0.25) is 0 Å². The van der Waals surface area contributed by atoms with Gasteiger partial charge in [-0.2, -0.15) is 5.26 Å². The van der Waals surface area contributed by atoms with Crippen molar-refractivity contribution in [2.45, 2.75) is 26.3 Å². The second-order valence-corrected chi connectivity index (χ2v) is 3.99. The Kier molecular flexibility index (Phi) is 5.12. The first kappa shape index (κ1) is 14.0. The third-order valence-electron chi connectivity index (χ3n) is 2.67. The highest BCUT2D eigenvalue weighted by Crippen LogP contribution is 2.14. The first-order chi connectivity index (χ1) is 8.58. The van der Waals surface area contributed by atoms with Crippen molar-refractivity contribution in [1.82, 2.24) is 4.98 Å². The fourth-order valence-corrected chi connectivity index (χ4v) is 1.48. The van der Waals surface area contributed by atoms with Crippen LogP contribution in [0.2, 0.25) is 0 Å². The van der Waals surface area contributed by atoms with Gasteiger partial charge in [-0.3, -0.25) is 4.79 Å². The number of hydrogen-bond acceptors (Lipinski definition) is 5. The van der Waals surface area contributed by atoms with Crippen LogP contribution in [0, 0.1) is 11.3 Å². The summed E-state index contributed by atoms with van der Waals surface area (Å²) in [5.74, 6) is 0.510. The average Bonchev–Trinajstić information content (AvgIpc) is 2.38. The molecule has 0 bridgehead atoms. The molecule has 0 amide bonds. The summed E-state index contributed by atoms with van der Waals surface area (Å²) in [5, 5.41) is 8.69. The highest BCUT2D eigenvalue weighted by Gasteiger charge is 2.15. The summed E-state index contributed by atoms with van der Waals surface area (Å²) in [7, 11) is 1.86. The largest absolute Gasteiger partial charge is 0.466 e. The molecule has 1 rings (SSSR count). The molecule has 1 atom stereocenters. The van der Waals surface area contributed by atoms with Crippen molar-refractivity contribution in [2.24, 2.45) is 0 Å². The van der Waals surface area contributed by atoms with E-state index in [0.717, 1.165) is 5.82 Å². The minimum atomic E-state index is -0.217. The SMILES string of the molecule is CCOC(=O)CC(C)N(C)c1ccc(C#N)cn1. The predicted octanol–water partition coefficient (Wildman–Crippen LogP) is 1.73. The van der Waals surface area contributed by atoms with E-state index >= 15 is 0 Å². The Morgan fingerprint density at radius 2 is 2.33 bits per heavy atom. The molecule has 5 heteroatoms. The lowest BCUT2D eigenvalue weighted by atomic mass is 10.2. The molecule has 0 aliphatic carbocycles. The summed E-state index contributed by atoms with van der Waals surface area (Å²) in [5.41, 5.74) is 0.519. The maximum absolute atomic E-state index is 11.4. The van der Waals surface area contributed by atoms with Crippen LogP contribution >= 0.6 is 0 Å². The van der Waals surface area contributed by atoms with Crippen LogP contribution in [0.15, 0.2) is 18.3 Å². The van der Waals surface area contributed by atoms with E-state index in [1.165, 1.54) is 6.20 Å². The van der Waals surface area contributed by atoms with Crippen molar-refractivity contribution >= 4 is 11.8 Å². The van der Waals surface area contributed by atoms with E-state index in [9.17, 15) is 4.79 Å². The fraction of sp³-hybridized carbons (Fsp3) is 0.462. The number of aromatic nitrogens is 1. The van der Waals surface area contributed by atoms with Gasteiger partial charge in [-0.1, -0.05) is 0 Å². The maximum Gasteiger partial charge on any atom is 0.307 e. The van der Waals surface area contributed by atoms with E-state index in [-0.39, 0.29) is 12.0 Å². The number of nitriles is 1. The van der Waals surface area contributed by atoms with E-state index in [1.807, 2.05) is 24.9 Å². The second-order valence-electron chi connectivity index (χ2n) is 3.99. The number of anilines is 1. The summed E-state index contributed by atoms with van der Waals surface area (Å²) in [4.78, 5) is 17.4. The Labute approximate surface area is 107 Å². The van der Waals surface area contributed by atoms with Gasteiger partial charge in [0.1, 0.15) is 11.9 Å². The molecule has 0 spiro atoms. The topological polar surface area (TPSA) is 66.2 Å². The lowest BCUT2D eigenvalue weighted by Gasteiger charge is -2.25. The number of pyridine rings is 1. The monoisotopic (exact) mass is 247 g/mol. The molecule has 5 nitrogen and oxygen atoms in total. The van der Waals surface area contributed by atoms with Crippen LogP contribution in [0.5, 0.6) is 0 Å². The molecule has 1 aromatic heterocycles. The van der Waals surface area contributed by atoms with Crippen molar-refractivity contribution in [3.8, 4) is 6.07 Å². The summed E-state index contributed by atoms with van der Waals surface area (Å²) in [6, 6.07) is 5.47. The van der Waals surface area contributed by atoms with Gasteiger partial charge in [-0.05, 0) is 26.0 Å². The normalized spacial score (nSPS) is 11.4. The quantitative estimate of drug-likeness (QED) is 0.741. The summed E-state index contributed by atoms with van der Waals surface area (Å²) in [6.45, 7) is 4.11. The predicted molar refractivity (Wildman–Crippen MR) is 68.1 cm³/mol. The van der Waals surface area contributed by atoms with Crippen LogP contribution in [0.1, 0.15) is 25.8 Å². The Hall–Kier alpha value is -2.09. The highest BCUT2D eigenvalue weighted by atomic mass is 16.5. The van der Waals surface area contributed by atoms with Crippen LogP contribution in [0.4, 0.5) is 5.82 Å². The van der Waals surface area contributed by atoms with Crippen molar-refractivity contribution in [1.29, 1.82) is 5.26 Å². The van der Waals surface area contributed by atoms with Crippen LogP contribution in [0.25, 0.3) is 0 Å².